The maximum Gasteiger partial charge on any atom is 0.243 e. The van der Waals surface area contributed by atoms with Gasteiger partial charge in [-0.15, -0.1) is 11.3 Å². The van der Waals surface area contributed by atoms with Crippen molar-refractivity contribution in [3.8, 4) is 0 Å². The summed E-state index contributed by atoms with van der Waals surface area (Å²) in [4.78, 5) is 19.1. The summed E-state index contributed by atoms with van der Waals surface area (Å²) in [6.07, 6.45) is 2.06. The van der Waals surface area contributed by atoms with Gasteiger partial charge in [0.05, 0.1) is 6.10 Å². The van der Waals surface area contributed by atoms with Gasteiger partial charge >= 0.3 is 0 Å². The standard InChI is InChI=1S/C19H34N4O2S/c1-6-25-17(15(2)3)10-12-21-19(22-14-18(24)23(4)5)20-11-9-16-8-7-13-26-16/h7-8,13,15,17H,6,9-12,14H2,1-5H3,(H2,20,21,22). The van der Waals surface area contributed by atoms with Gasteiger partial charge < -0.3 is 20.3 Å². The number of nitrogens with one attached hydrogen (secondary N) is 2. The first-order valence-electron chi connectivity index (χ1n) is 9.30. The molecule has 1 atom stereocenters. The average Bonchev–Trinajstić information content (AvgIpc) is 3.11. The van der Waals surface area contributed by atoms with Gasteiger partial charge in [0.15, 0.2) is 5.96 Å². The molecule has 148 valence electrons. The van der Waals surface area contributed by atoms with Crippen molar-refractivity contribution < 1.29 is 9.53 Å². The molecule has 26 heavy (non-hydrogen) atoms. The minimum absolute atomic E-state index is 0.0151. The number of carbonyl (C=O) groups is 1. The van der Waals surface area contributed by atoms with Crippen LogP contribution in [0.25, 0.3) is 0 Å². The van der Waals surface area contributed by atoms with Crippen LogP contribution in [-0.2, 0) is 16.0 Å². The largest absolute Gasteiger partial charge is 0.378 e. The number of likely N-dealkylation sites (N-methyl/N-ethyl adjacent to an activating group) is 1. The molecule has 0 aliphatic rings. The van der Waals surface area contributed by atoms with Crippen LogP contribution >= 0.6 is 11.3 Å². The first kappa shape index (κ1) is 22.4. The van der Waals surface area contributed by atoms with E-state index in [4.69, 9.17) is 4.74 Å². The summed E-state index contributed by atoms with van der Waals surface area (Å²) < 4.78 is 5.79. The summed E-state index contributed by atoms with van der Waals surface area (Å²) in [5.74, 6) is 1.13. The number of thiophene rings is 1. The zero-order valence-electron chi connectivity index (χ0n) is 16.7. The number of aliphatic imine (C=N–C) groups is 1. The number of guanidine groups is 1. The van der Waals surface area contributed by atoms with E-state index in [9.17, 15) is 4.79 Å². The summed E-state index contributed by atoms with van der Waals surface area (Å²) in [7, 11) is 3.48. The molecule has 1 aromatic heterocycles. The van der Waals surface area contributed by atoms with Gasteiger partial charge in [-0.1, -0.05) is 19.9 Å². The fraction of sp³-hybridized carbons (Fsp3) is 0.684. The summed E-state index contributed by atoms with van der Waals surface area (Å²) in [6, 6.07) is 4.18. The van der Waals surface area contributed by atoms with Crippen molar-refractivity contribution >= 4 is 23.2 Å². The lowest BCUT2D eigenvalue weighted by Crippen LogP contribution is -2.41. The van der Waals surface area contributed by atoms with E-state index < -0.39 is 0 Å². The molecule has 0 bridgehead atoms. The van der Waals surface area contributed by atoms with Crippen LogP contribution in [0.2, 0.25) is 0 Å². The zero-order valence-corrected chi connectivity index (χ0v) is 17.6. The van der Waals surface area contributed by atoms with Crippen LogP contribution < -0.4 is 10.6 Å². The van der Waals surface area contributed by atoms with Crippen molar-refractivity contribution in [3.05, 3.63) is 22.4 Å². The predicted molar refractivity (Wildman–Crippen MR) is 110 cm³/mol. The SMILES string of the molecule is CCOC(CCNC(=NCC(=O)N(C)C)NCCc1cccs1)C(C)C. The Kier molecular flexibility index (Phi) is 11.0. The van der Waals surface area contributed by atoms with Crippen LogP contribution in [0, 0.1) is 5.92 Å². The molecule has 7 heteroatoms. The highest BCUT2D eigenvalue weighted by Gasteiger charge is 2.13. The van der Waals surface area contributed by atoms with Gasteiger partial charge in [-0.25, -0.2) is 4.99 Å². The van der Waals surface area contributed by atoms with Crippen LogP contribution in [-0.4, -0.2) is 63.2 Å². The third kappa shape index (κ3) is 9.20. The molecule has 1 unspecified atom stereocenters. The molecular formula is C19H34N4O2S. The lowest BCUT2D eigenvalue weighted by molar-refractivity contribution is -0.127. The van der Waals surface area contributed by atoms with Crippen LogP contribution in [0.4, 0.5) is 0 Å². The number of amides is 1. The molecule has 0 aliphatic carbocycles. The molecule has 1 rings (SSSR count). The second-order valence-electron chi connectivity index (χ2n) is 6.66. The van der Waals surface area contributed by atoms with Crippen molar-refractivity contribution in [2.24, 2.45) is 10.9 Å². The van der Waals surface area contributed by atoms with Crippen molar-refractivity contribution in [3.63, 3.8) is 0 Å². The lowest BCUT2D eigenvalue weighted by atomic mass is 10.0. The molecule has 1 heterocycles. The van der Waals surface area contributed by atoms with Crippen molar-refractivity contribution in [1.29, 1.82) is 0 Å². The van der Waals surface area contributed by atoms with Crippen LogP contribution in [0.3, 0.4) is 0 Å². The number of rotatable bonds is 11. The Morgan fingerprint density at radius 2 is 2.04 bits per heavy atom. The first-order valence-corrected chi connectivity index (χ1v) is 10.2. The minimum Gasteiger partial charge on any atom is -0.378 e. The number of hydrogen-bond donors (Lipinski definition) is 2. The number of hydrogen-bond acceptors (Lipinski definition) is 4. The highest BCUT2D eigenvalue weighted by Crippen LogP contribution is 2.10. The molecule has 0 spiro atoms. The number of carbonyl (C=O) groups excluding carboxylic acids is 1. The first-order chi connectivity index (χ1) is 12.4. The Labute approximate surface area is 162 Å². The second kappa shape index (κ2) is 12.7. The Morgan fingerprint density at radius 1 is 1.31 bits per heavy atom. The maximum atomic E-state index is 11.8. The van der Waals surface area contributed by atoms with Gasteiger partial charge in [-0.05, 0) is 37.1 Å². The zero-order chi connectivity index (χ0) is 19.4. The fourth-order valence-corrected chi connectivity index (χ4v) is 3.09. The monoisotopic (exact) mass is 382 g/mol. The molecular weight excluding hydrogens is 348 g/mol. The third-order valence-electron chi connectivity index (χ3n) is 3.96. The smallest absolute Gasteiger partial charge is 0.243 e. The van der Waals surface area contributed by atoms with E-state index in [1.165, 1.54) is 4.88 Å². The summed E-state index contributed by atoms with van der Waals surface area (Å²) in [5.41, 5.74) is 0. The predicted octanol–water partition coefficient (Wildman–Crippen LogP) is 2.37. The van der Waals surface area contributed by atoms with Crippen LogP contribution in [0.5, 0.6) is 0 Å². The van der Waals surface area contributed by atoms with Gasteiger partial charge in [0.1, 0.15) is 6.54 Å². The molecule has 0 saturated carbocycles. The van der Waals surface area contributed by atoms with Gasteiger partial charge in [0.25, 0.3) is 0 Å². The molecule has 0 saturated heterocycles. The molecule has 1 aromatic rings. The normalized spacial score (nSPS) is 12.9. The van der Waals surface area contributed by atoms with E-state index in [0.717, 1.165) is 32.5 Å². The molecule has 6 nitrogen and oxygen atoms in total. The van der Waals surface area contributed by atoms with Gasteiger partial charge in [0.2, 0.25) is 5.91 Å². The minimum atomic E-state index is -0.0151. The van der Waals surface area contributed by atoms with Crippen molar-refractivity contribution in [2.75, 3.05) is 40.3 Å². The summed E-state index contributed by atoms with van der Waals surface area (Å²) in [5, 5.41) is 8.73. The molecule has 0 aliphatic heterocycles. The third-order valence-corrected chi connectivity index (χ3v) is 4.90. The topological polar surface area (TPSA) is 66.0 Å². The second-order valence-corrected chi connectivity index (χ2v) is 7.69. The lowest BCUT2D eigenvalue weighted by Gasteiger charge is -2.21. The molecule has 0 aromatic carbocycles. The Bertz CT molecular complexity index is 530. The molecule has 0 radical (unpaired) electrons. The van der Waals surface area contributed by atoms with E-state index in [1.54, 1.807) is 30.3 Å². The van der Waals surface area contributed by atoms with Crippen molar-refractivity contribution in [1.82, 2.24) is 15.5 Å². The van der Waals surface area contributed by atoms with E-state index in [2.05, 4.69) is 47.0 Å². The van der Waals surface area contributed by atoms with E-state index in [-0.39, 0.29) is 18.6 Å². The Balaban J connectivity index is 2.52. The van der Waals surface area contributed by atoms with E-state index >= 15 is 0 Å². The molecule has 1 amide bonds. The summed E-state index contributed by atoms with van der Waals surface area (Å²) in [6.45, 7) is 8.76. The Morgan fingerprint density at radius 3 is 2.62 bits per heavy atom. The average molecular weight is 383 g/mol. The van der Waals surface area contributed by atoms with Gasteiger partial charge in [-0.3, -0.25) is 4.79 Å². The van der Waals surface area contributed by atoms with E-state index in [0.29, 0.717) is 11.9 Å². The number of nitrogens with zero attached hydrogens (tertiary/aromatic N) is 2. The molecule has 2 N–H and O–H groups in total. The quantitative estimate of drug-likeness (QED) is 0.455. The number of ether oxygens (including phenoxy) is 1. The van der Waals surface area contributed by atoms with Gasteiger partial charge in [-0.2, -0.15) is 0 Å². The van der Waals surface area contributed by atoms with Crippen LogP contribution in [0.15, 0.2) is 22.5 Å². The highest BCUT2D eigenvalue weighted by molar-refractivity contribution is 7.09. The fourth-order valence-electron chi connectivity index (χ4n) is 2.38. The maximum absolute atomic E-state index is 11.8. The highest BCUT2D eigenvalue weighted by atomic mass is 32.1. The van der Waals surface area contributed by atoms with Crippen molar-refractivity contribution in [2.45, 2.75) is 39.7 Å². The van der Waals surface area contributed by atoms with E-state index in [1.807, 2.05) is 6.92 Å². The van der Waals surface area contributed by atoms with Gasteiger partial charge in [0, 0.05) is 38.7 Å². The molecule has 0 fully saturated rings. The Hall–Kier alpha value is -1.60. The summed E-state index contributed by atoms with van der Waals surface area (Å²) >= 11 is 1.75. The van der Waals surface area contributed by atoms with Crippen LogP contribution in [0.1, 0.15) is 32.1 Å².